The Morgan fingerprint density at radius 2 is 2.24 bits per heavy atom. The summed E-state index contributed by atoms with van der Waals surface area (Å²) in [7, 11) is 1.87. The van der Waals surface area contributed by atoms with E-state index in [9.17, 15) is 4.79 Å². The van der Waals surface area contributed by atoms with Crippen LogP contribution in [0.25, 0.3) is 0 Å². The molecule has 2 aromatic rings. The Balaban J connectivity index is 1.95. The van der Waals surface area contributed by atoms with Crippen LogP contribution < -0.4 is 5.32 Å². The predicted molar refractivity (Wildman–Crippen MR) is 82.3 cm³/mol. The van der Waals surface area contributed by atoms with Gasteiger partial charge in [0.05, 0.1) is 11.7 Å². The summed E-state index contributed by atoms with van der Waals surface area (Å²) < 4.78 is 5.02. The van der Waals surface area contributed by atoms with E-state index in [1.165, 1.54) is 0 Å². The normalized spacial score (nSPS) is 12.4. The van der Waals surface area contributed by atoms with Crippen LogP contribution in [0.4, 0.5) is 5.69 Å². The molecule has 0 fully saturated rings. The summed E-state index contributed by atoms with van der Waals surface area (Å²) in [6.07, 6.45) is 0. The maximum atomic E-state index is 12.2. The molecule has 0 aliphatic rings. The maximum absolute atomic E-state index is 12.2. The van der Waals surface area contributed by atoms with Crippen LogP contribution in [0.15, 0.2) is 34.9 Å². The zero-order valence-electron chi connectivity index (χ0n) is 12.3. The molecule has 5 nitrogen and oxygen atoms in total. The van der Waals surface area contributed by atoms with E-state index in [1.54, 1.807) is 24.3 Å². The smallest absolute Gasteiger partial charge is 0.241 e. The number of amides is 1. The van der Waals surface area contributed by atoms with E-state index in [4.69, 9.17) is 16.1 Å². The second-order valence-corrected chi connectivity index (χ2v) is 5.46. The van der Waals surface area contributed by atoms with Gasteiger partial charge in [0, 0.05) is 23.3 Å². The van der Waals surface area contributed by atoms with Gasteiger partial charge >= 0.3 is 0 Å². The molecule has 1 unspecified atom stereocenters. The second kappa shape index (κ2) is 6.74. The van der Waals surface area contributed by atoms with E-state index < -0.39 is 0 Å². The summed E-state index contributed by atoms with van der Waals surface area (Å²) in [5, 5.41) is 7.36. The van der Waals surface area contributed by atoms with E-state index in [0.29, 0.717) is 17.3 Å². The van der Waals surface area contributed by atoms with Crippen LogP contribution in [0, 0.1) is 6.92 Å². The average molecular weight is 308 g/mol. The molecular weight excluding hydrogens is 290 g/mol. The van der Waals surface area contributed by atoms with Crippen LogP contribution in [0.2, 0.25) is 5.02 Å². The molecule has 1 aromatic heterocycles. The monoisotopic (exact) mass is 307 g/mol. The van der Waals surface area contributed by atoms with Gasteiger partial charge in [-0.2, -0.15) is 0 Å². The van der Waals surface area contributed by atoms with Crippen LogP contribution in [0.3, 0.4) is 0 Å². The van der Waals surface area contributed by atoms with Gasteiger partial charge in [0.2, 0.25) is 5.91 Å². The lowest BCUT2D eigenvalue weighted by atomic mass is 10.2. The minimum atomic E-state index is -0.305. The highest BCUT2D eigenvalue weighted by Gasteiger charge is 2.19. The van der Waals surface area contributed by atoms with E-state index in [0.717, 1.165) is 11.5 Å². The van der Waals surface area contributed by atoms with Crippen LogP contribution in [0.1, 0.15) is 18.4 Å². The number of nitrogens with zero attached hydrogens (tertiary/aromatic N) is 2. The van der Waals surface area contributed by atoms with Crippen LogP contribution in [0.5, 0.6) is 0 Å². The zero-order chi connectivity index (χ0) is 15.4. The van der Waals surface area contributed by atoms with Gasteiger partial charge < -0.3 is 9.84 Å². The Morgan fingerprint density at radius 3 is 2.86 bits per heavy atom. The van der Waals surface area contributed by atoms with E-state index >= 15 is 0 Å². The summed E-state index contributed by atoms with van der Waals surface area (Å²) in [6, 6.07) is 8.63. The number of aromatic nitrogens is 1. The lowest BCUT2D eigenvalue weighted by Crippen LogP contribution is -2.39. The van der Waals surface area contributed by atoms with E-state index in [1.807, 2.05) is 31.9 Å². The standard InChI is InChI=1S/C15H18ClN3O2/c1-10-7-14(18-21-10)9-19(3)11(2)15(20)17-13-6-4-5-12(16)8-13/h4-8,11H,9H2,1-3H3,(H,17,20). The van der Waals surface area contributed by atoms with Gasteiger partial charge in [-0.15, -0.1) is 0 Å². The van der Waals surface area contributed by atoms with Gasteiger partial charge in [-0.25, -0.2) is 0 Å². The summed E-state index contributed by atoms with van der Waals surface area (Å²) >= 11 is 5.90. The number of hydrogen-bond donors (Lipinski definition) is 1. The molecule has 1 heterocycles. The first kappa shape index (κ1) is 15.5. The molecule has 0 saturated heterocycles. The average Bonchev–Trinajstić information content (AvgIpc) is 2.83. The molecule has 1 atom stereocenters. The lowest BCUT2D eigenvalue weighted by molar-refractivity contribution is -0.120. The van der Waals surface area contributed by atoms with Crippen molar-refractivity contribution >= 4 is 23.2 Å². The molecule has 0 aliphatic heterocycles. The van der Waals surface area contributed by atoms with Crippen molar-refractivity contribution in [3.05, 3.63) is 46.8 Å². The summed E-state index contributed by atoms with van der Waals surface area (Å²) in [4.78, 5) is 14.1. The van der Waals surface area contributed by atoms with Crippen LogP contribution in [-0.4, -0.2) is 29.1 Å². The highest BCUT2D eigenvalue weighted by molar-refractivity contribution is 6.30. The van der Waals surface area contributed by atoms with Crippen LogP contribution >= 0.6 is 11.6 Å². The number of carbonyl (C=O) groups is 1. The largest absolute Gasteiger partial charge is 0.361 e. The summed E-state index contributed by atoms with van der Waals surface area (Å²) in [5.41, 5.74) is 1.49. The van der Waals surface area contributed by atoms with Crippen molar-refractivity contribution in [2.75, 3.05) is 12.4 Å². The number of nitrogens with one attached hydrogen (secondary N) is 1. The number of anilines is 1. The first-order valence-electron chi connectivity index (χ1n) is 6.64. The minimum Gasteiger partial charge on any atom is -0.361 e. The third-order valence-electron chi connectivity index (χ3n) is 3.22. The fraction of sp³-hybridized carbons (Fsp3) is 0.333. The van der Waals surface area contributed by atoms with Gasteiger partial charge in [0.15, 0.2) is 0 Å². The van der Waals surface area contributed by atoms with Gasteiger partial charge in [-0.3, -0.25) is 9.69 Å². The molecule has 0 radical (unpaired) electrons. The minimum absolute atomic E-state index is 0.0972. The van der Waals surface area contributed by atoms with Crippen molar-refractivity contribution in [1.82, 2.24) is 10.1 Å². The number of rotatable bonds is 5. The molecule has 0 bridgehead atoms. The Morgan fingerprint density at radius 1 is 1.48 bits per heavy atom. The number of carbonyl (C=O) groups excluding carboxylic acids is 1. The van der Waals surface area contributed by atoms with Crippen molar-refractivity contribution in [3.8, 4) is 0 Å². The first-order valence-corrected chi connectivity index (χ1v) is 7.02. The quantitative estimate of drug-likeness (QED) is 0.922. The van der Waals surface area contributed by atoms with Crippen molar-refractivity contribution in [2.24, 2.45) is 0 Å². The first-order chi connectivity index (χ1) is 9.95. The van der Waals surface area contributed by atoms with Crippen molar-refractivity contribution in [3.63, 3.8) is 0 Å². The number of likely N-dealkylation sites (N-methyl/N-ethyl adjacent to an activating group) is 1. The number of benzene rings is 1. The Kier molecular flexibility index (Phi) is 4.98. The van der Waals surface area contributed by atoms with Gasteiger partial charge in [0.1, 0.15) is 5.76 Å². The Bertz CT molecular complexity index is 627. The number of halogens is 1. The number of aryl methyl sites for hydroxylation is 1. The van der Waals surface area contributed by atoms with Crippen molar-refractivity contribution in [2.45, 2.75) is 26.4 Å². The molecule has 0 saturated carbocycles. The molecule has 2 rings (SSSR count). The van der Waals surface area contributed by atoms with Gasteiger partial charge in [-0.1, -0.05) is 22.8 Å². The Labute approximate surface area is 128 Å². The Hall–Kier alpha value is -1.85. The van der Waals surface area contributed by atoms with Gasteiger partial charge in [0.25, 0.3) is 0 Å². The van der Waals surface area contributed by atoms with Gasteiger partial charge in [-0.05, 0) is 39.1 Å². The molecule has 0 spiro atoms. The van der Waals surface area contributed by atoms with Crippen molar-refractivity contribution in [1.29, 1.82) is 0 Å². The SMILES string of the molecule is Cc1cc(CN(C)C(C)C(=O)Nc2cccc(Cl)c2)no1. The zero-order valence-corrected chi connectivity index (χ0v) is 13.0. The molecule has 1 aromatic carbocycles. The topological polar surface area (TPSA) is 58.4 Å². The summed E-state index contributed by atoms with van der Waals surface area (Å²) in [6.45, 7) is 4.22. The third kappa shape index (κ3) is 4.31. The second-order valence-electron chi connectivity index (χ2n) is 5.02. The van der Waals surface area contributed by atoms with E-state index in [-0.39, 0.29) is 11.9 Å². The molecule has 1 amide bonds. The molecule has 112 valence electrons. The molecule has 21 heavy (non-hydrogen) atoms. The molecule has 6 heteroatoms. The predicted octanol–water partition coefficient (Wildman–Crippen LogP) is 3.10. The highest BCUT2D eigenvalue weighted by Crippen LogP contribution is 2.16. The van der Waals surface area contributed by atoms with E-state index in [2.05, 4.69) is 10.5 Å². The molecule has 0 aliphatic carbocycles. The number of hydrogen-bond acceptors (Lipinski definition) is 4. The third-order valence-corrected chi connectivity index (χ3v) is 3.46. The maximum Gasteiger partial charge on any atom is 0.241 e. The highest BCUT2D eigenvalue weighted by atomic mass is 35.5. The molecule has 1 N–H and O–H groups in total. The summed E-state index contributed by atoms with van der Waals surface area (Å²) in [5.74, 6) is 0.661. The fourth-order valence-electron chi connectivity index (χ4n) is 1.90. The van der Waals surface area contributed by atoms with Crippen molar-refractivity contribution < 1.29 is 9.32 Å². The van der Waals surface area contributed by atoms with Crippen LogP contribution in [-0.2, 0) is 11.3 Å². The molecular formula is C15H18ClN3O2. The lowest BCUT2D eigenvalue weighted by Gasteiger charge is -2.22. The fourth-order valence-corrected chi connectivity index (χ4v) is 2.09.